The van der Waals surface area contributed by atoms with Crippen molar-refractivity contribution in [2.24, 2.45) is 0 Å². The molecule has 0 bridgehead atoms. The molecule has 0 aliphatic heterocycles. The molecule has 4 heterocycles. The predicted molar refractivity (Wildman–Crippen MR) is 103 cm³/mol. The van der Waals surface area contributed by atoms with Crippen molar-refractivity contribution in [3.63, 3.8) is 0 Å². The van der Waals surface area contributed by atoms with Crippen LogP contribution in [0.1, 0.15) is 71.9 Å². The Morgan fingerprint density at radius 3 is 1.52 bits per heavy atom. The maximum absolute atomic E-state index is 6.72. The fraction of sp³-hybridized carbons (Fsp3) is 0.364. The summed E-state index contributed by atoms with van der Waals surface area (Å²) < 4.78 is 28.7. The molecule has 0 N–H and O–H groups in total. The lowest BCUT2D eigenvalue weighted by Gasteiger charge is -2.30. The molecule has 4 aromatic heterocycles. The van der Waals surface area contributed by atoms with E-state index in [-0.39, 0.29) is 24.0 Å². The Labute approximate surface area is 168 Å². The van der Waals surface area contributed by atoms with Crippen LogP contribution in [0.4, 0.5) is 0 Å². The van der Waals surface area contributed by atoms with E-state index in [1.165, 1.54) is 12.8 Å². The van der Waals surface area contributed by atoms with E-state index in [1.807, 2.05) is 26.0 Å². The molecule has 0 aliphatic rings. The normalized spacial score (nSPS) is 15.9. The van der Waals surface area contributed by atoms with Gasteiger partial charge in [-0.3, -0.25) is 0 Å². The lowest BCUT2D eigenvalue weighted by atomic mass is 9.92. The van der Waals surface area contributed by atoms with Crippen molar-refractivity contribution < 1.29 is 22.4 Å². The van der Waals surface area contributed by atoms with Crippen molar-refractivity contribution in [3.05, 3.63) is 84.0 Å². The molecular formula is C22H24N2O5. The Hall–Kier alpha value is -3.06. The quantitative estimate of drug-likeness (QED) is 0.368. The molecule has 152 valence electrons. The molecule has 29 heavy (non-hydrogen) atoms. The first kappa shape index (κ1) is 19.3. The molecule has 0 aromatic carbocycles. The van der Waals surface area contributed by atoms with Gasteiger partial charge in [0.1, 0.15) is 11.5 Å². The highest BCUT2D eigenvalue weighted by Crippen LogP contribution is 2.44. The molecule has 4 unspecified atom stereocenters. The zero-order valence-electron chi connectivity index (χ0n) is 16.9. The van der Waals surface area contributed by atoms with E-state index < -0.39 is 0 Å². The first-order chi connectivity index (χ1) is 14.1. The highest BCUT2D eigenvalue weighted by molar-refractivity contribution is 5.23. The van der Waals surface area contributed by atoms with Crippen molar-refractivity contribution in [1.29, 1.82) is 0 Å². The highest BCUT2D eigenvalue weighted by Gasteiger charge is 2.34. The summed E-state index contributed by atoms with van der Waals surface area (Å²) in [6.07, 6.45) is 8.94. The molecule has 0 saturated heterocycles. The molecule has 7 nitrogen and oxygen atoms in total. The van der Waals surface area contributed by atoms with Crippen LogP contribution in [0.15, 0.2) is 67.6 Å². The van der Waals surface area contributed by atoms with Gasteiger partial charge in [-0.2, -0.15) is 0 Å². The number of hydrogen-bond donors (Lipinski definition) is 0. The van der Waals surface area contributed by atoms with Gasteiger partial charge in [-0.25, -0.2) is 9.97 Å². The number of nitrogens with zero attached hydrogens (tertiary/aromatic N) is 2. The van der Waals surface area contributed by atoms with E-state index in [0.29, 0.717) is 0 Å². The zero-order valence-corrected chi connectivity index (χ0v) is 16.9. The molecule has 4 aromatic rings. The third-order valence-electron chi connectivity index (χ3n) is 5.34. The van der Waals surface area contributed by atoms with Crippen LogP contribution in [-0.4, -0.2) is 9.97 Å². The molecule has 0 amide bonds. The summed E-state index contributed by atoms with van der Waals surface area (Å²) in [7, 11) is 0. The Morgan fingerprint density at radius 1 is 0.759 bits per heavy atom. The number of ether oxygens (including phenoxy) is 1. The van der Waals surface area contributed by atoms with Gasteiger partial charge in [0, 0.05) is 23.0 Å². The highest BCUT2D eigenvalue weighted by atomic mass is 16.5. The van der Waals surface area contributed by atoms with Gasteiger partial charge in [-0.1, -0.05) is 13.8 Å². The minimum atomic E-state index is -0.328. The maximum Gasteiger partial charge on any atom is 0.181 e. The van der Waals surface area contributed by atoms with E-state index in [2.05, 4.69) is 23.8 Å². The number of hydrogen-bond acceptors (Lipinski definition) is 7. The van der Waals surface area contributed by atoms with Crippen LogP contribution in [0.5, 0.6) is 0 Å². The van der Waals surface area contributed by atoms with E-state index >= 15 is 0 Å². The van der Waals surface area contributed by atoms with Crippen LogP contribution in [0.3, 0.4) is 0 Å². The Bertz CT molecular complexity index is 933. The molecule has 0 fully saturated rings. The van der Waals surface area contributed by atoms with Gasteiger partial charge in [-0.15, -0.1) is 0 Å². The molecule has 0 saturated carbocycles. The number of aromatic nitrogens is 2. The van der Waals surface area contributed by atoms with Gasteiger partial charge in [-0.05, 0) is 26.0 Å². The minimum absolute atomic E-state index is 0.0903. The Kier molecular flexibility index (Phi) is 5.40. The van der Waals surface area contributed by atoms with Crippen LogP contribution in [-0.2, 0) is 4.74 Å². The van der Waals surface area contributed by atoms with Gasteiger partial charge < -0.3 is 22.4 Å². The molecule has 0 aliphatic carbocycles. The van der Waals surface area contributed by atoms with Gasteiger partial charge >= 0.3 is 0 Å². The van der Waals surface area contributed by atoms with Gasteiger partial charge in [0.2, 0.25) is 0 Å². The van der Waals surface area contributed by atoms with Crippen LogP contribution < -0.4 is 0 Å². The van der Waals surface area contributed by atoms with Crippen molar-refractivity contribution >= 4 is 0 Å². The van der Waals surface area contributed by atoms with Crippen molar-refractivity contribution in [3.8, 4) is 0 Å². The molecule has 0 radical (unpaired) electrons. The monoisotopic (exact) mass is 396 g/mol. The molecule has 0 spiro atoms. The number of rotatable bonds is 8. The molecule has 4 atom stereocenters. The predicted octanol–water partition coefficient (Wildman–Crippen LogP) is 5.87. The summed E-state index contributed by atoms with van der Waals surface area (Å²) in [5.74, 6) is 1.39. The average Bonchev–Trinajstić information content (AvgIpc) is 3.50. The first-order valence-corrected chi connectivity index (χ1v) is 9.55. The number of aryl methyl sites for hydroxylation is 2. The van der Waals surface area contributed by atoms with E-state index in [4.69, 9.17) is 22.4 Å². The summed E-state index contributed by atoms with van der Waals surface area (Å²) in [5.41, 5.74) is 3.52. The fourth-order valence-electron chi connectivity index (χ4n) is 3.77. The van der Waals surface area contributed by atoms with Gasteiger partial charge in [0.25, 0.3) is 0 Å². The summed E-state index contributed by atoms with van der Waals surface area (Å²) in [6, 6.07) is 3.81. The third kappa shape index (κ3) is 3.78. The second-order valence-electron chi connectivity index (χ2n) is 7.27. The summed E-state index contributed by atoms with van der Waals surface area (Å²) in [4.78, 5) is 8.47. The summed E-state index contributed by atoms with van der Waals surface area (Å²) in [5, 5.41) is 0. The van der Waals surface area contributed by atoms with Crippen LogP contribution >= 0.6 is 0 Å². The van der Waals surface area contributed by atoms with Gasteiger partial charge in [0.05, 0.1) is 48.6 Å². The minimum Gasteiger partial charge on any atom is -0.472 e. The molecule has 4 rings (SSSR count). The van der Waals surface area contributed by atoms with Gasteiger partial charge in [0.15, 0.2) is 12.8 Å². The van der Waals surface area contributed by atoms with Crippen LogP contribution in [0.2, 0.25) is 0 Å². The third-order valence-corrected chi connectivity index (χ3v) is 5.34. The van der Waals surface area contributed by atoms with Crippen molar-refractivity contribution in [2.45, 2.75) is 51.7 Å². The number of furan rings is 2. The Balaban J connectivity index is 1.71. The lowest BCUT2D eigenvalue weighted by Crippen LogP contribution is -2.19. The largest absolute Gasteiger partial charge is 0.472 e. The fourth-order valence-corrected chi connectivity index (χ4v) is 3.77. The van der Waals surface area contributed by atoms with Crippen LogP contribution in [0, 0.1) is 13.8 Å². The SMILES string of the molecule is Cc1ncoc1C(C)C(OC(c1ccoc1)C(C)c1ocnc1C)c1ccoc1. The smallest absolute Gasteiger partial charge is 0.181 e. The zero-order chi connectivity index (χ0) is 20.4. The second-order valence-corrected chi connectivity index (χ2v) is 7.27. The Morgan fingerprint density at radius 2 is 1.21 bits per heavy atom. The maximum atomic E-state index is 6.72. The van der Waals surface area contributed by atoms with E-state index in [1.54, 1.807) is 25.1 Å². The van der Waals surface area contributed by atoms with E-state index in [9.17, 15) is 0 Å². The lowest BCUT2D eigenvalue weighted by molar-refractivity contribution is -0.0450. The summed E-state index contributed by atoms with van der Waals surface area (Å²) in [6.45, 7) is 7.97. The van der Waals surface area contributed by atoms with Crippen molar-refractivity contribution in [1.82, 2.24) is 9.97 Å². The molecular weight excluding hydrogens is 372 g/mol. The topological polar surface area (TPSA) is 87.6 Å². The molecule has 7 heteroatoms. The van der Waals surface area contributed by atoms with Crippen molar-refractivity contribution in [2.75, 3.05) is 0 Å². The first-order valence-electron chi connectivity index (χ1n) is 9.55. The second kappa shape index (κ2) is 8.13. The standard InChI is InChI=1S/C22H24N2O5/c1-13(19-15(3)23-11-27-19)21(17-5-7-25-9-17)29-22(18-6-8-26-10-18)14(2)20-16(4)24-12-28-20/h5-14,21-22H,1-4H3. The summed E-state index contributed by atoms with van der Waals surface area (Å²) >= 11 is 0. The number of oxazole rings is 2. The average molecular weight is 396 g/mol. The van der Waals surface area contributed by atoms with Crippen LogP contribution in [0.25, 0.3) is 0 Å². The van der Waals surface area contributed by atoms with E-state index in [0.717, 1.165) is 34.0 Å².